The van der Waals surface area contributed by atoms with Crippen molar-refractivity contribution in [2.24, 2.45) is 0 Å². The number of hydrogen-bond acceptors (Lipinski definition) is 7. The van der Waals surface area contributed by atoms with Gasteiger partial charge in [-0.2, -0.15) is 0 Å². The van der Waals surface area contributed by atoms with E-state index in [4.69, 9.17) is 9.47 Å². The summed E-state index contributed by atoms with van der Waals surface area (Å²) in [6, 6.07) is 8.01. The zero-order valence-corrected chi connectivity index (χ0v) is 17.6. The van der Waals surface area contributed by atoms with Crippen molar-refractivity contribution in [3.8, 4) is 11.5 Å². The average molecular weight is 402 g/mol. The fourth-order valence-corrected chi connectivity index (χ4v) is 3.21. The van der Waals surface area contributed by atoms with Gasteiger partial charge in [0.25, 0.3) is 0 Å². The number of methoxy groups -OCH3 is 1. The highest BCUT2D eigenvalue weighted by Gasteiger charge is 2.25. The lowest BCUT2D eigenvalue weighted by Crippen LogP contribution is -2.43. The van der Waals surface area contributed by atoms with Crippen LogP contribution >= 0.6 is 0 Å². The van der Waals surface area contributed by atoms with E-state index in [1.54, 1.807) is 11.8 Å². The molecule has 9 nitrogen and oxygen atoms in total. The zero-order valence-electron chi connectivity index (χ0n) is 17.6. The molecule has 1 fully saturated rings. The maximum absolute atomic E-state index is 12.7. The van der Waals surface area contributed by atoms with E-state index >= 15 is 0 Å². The number of amides is 1. The second-order valence-electron chi connectivity index (χ2n) is 7.61. The largest absolute Gasteiger partial charge is 0.493 e. The molecule has 0 atom stereocenters. The smallest absolute Gasteiger partial charge is 0.244 e. The molecule has 29 heavy (non-hydrogen) atoms. The average Bonchev–Trinajstić information content (AvgIpc) is 3.15. The summed E-state index contributed by atoms with van der Waals surface area (Å²) in [4.78, 5) is 16.7. The third-order valence-corrected chi connectivity index (χ3v) is 5.32. The van der Waals surface area contributed by atoms with E-state index < -0.39 is 0 Å². The zero-order chi connectivity index (χ0) is 20.8. The minimum Gasteiger partial charge on any atom is -0.493 e. The first-order valence-electron chi connectivity index (χ1n) is 10.0. The Kier molecular flexibility index (Phi) is 7.03. The Morgan fingerprint density at radius 1 is 1.24 bits per heavy atom. The van der Waals surface area contributed by atoms with Gasteiger partial charge < -0.3 is 14.4 Å². The van der Waals surface area contributed by atoms with E-state index in [9.17, 15) is 4.79 Å². The van der Waals surface area contributed by atoms with Crippen LogP contribution in [0.25, 0.3) is 0 Å². The molecule has 1 aromatic heterocycles. The molecule has 3 rings (SSSR count). The molecule has 2 heterocycles. The number of benzene rings is 1. The van der Waals surface area contributed by atoms with Gasteiger partial charge in [0.15, 0.2) is 17.3 Å². The van der Waals surface area contributed by atoms with Crippen LogP contribution in [0, 0.1) is 0 Å². The van der Waals surface area contributed by atoms with E-state index in [-0.39, 0.29) is 18.6 Å². The molecule has 1 aromatic carbocycles. The van der Waals surface area contributed by atoms with E-state index in [0.29, 0.717) is 31.5 Å². The maximum atomic E-state index is 12.7. The van der Waals surface area contributed by atoms with Crippen molar-refractivity contribution in [2.45, 2.75) is 51.9 Å². The van der Waals surface area contributed by atoms with Crippen molar-refractivity contribution in [3.63, 3.8) is 0 Å². The predicted molar refractivity (Wildman–Crippen MR) is 108 cm³/mol. The highest BCUT2D eigenvalue weighted by Crippen LogP contribution is 2.29. The molecule has 0 aliphatic carbocycles. The number of likely N-dealkylation sites (tertiary alicyclic amines) is 1. The molecule has 1 aliphatic heterocycles. The monoisotopic (exact) mass is 402 g/mol. The molecule has 1 aliphatic rings. The van der Waals surface area contributed by atoms with Crippen LogP contribution < -0.4 is 9.47 Å². The number of aromatic nitrogens is 4. The number of piperidine rings is 1. The number of carbonyl (C=O) groups excluding carboxylic acids is 1. The molecular weight excluding hydrogens is 372 g/mol. The molecule has 0 radical (unpaired) electrons. The van der Waals surface area contributed by atoms with Crippen LogP contribution in [-0.4, -0.2) is 75.3 Å². The van der Waals surface area contributed by atoms with E-state index in [2.05, 4.69) is 34.3 Å². The Bertz CT molecular complexity index is 801. The van der Waals surface area contributed by atoms with Gasteiger partial charge in [-0.15, -0.1) is 5.10 Å². The third kappa shape index (κ3) is 5.44. The van der Waals surface area contributed by atoms with Gasteiger partial charge in [-0.25, -0.2) is 4.68 Å². The summed E-state index contributed by atoms with van der Waals surface area (Å²) in [5, 5.41) is 11.8. The summed E-state index contributed by atoms with van der Waals surface area (Å²) in [5.74, 6) is 2.20. The van der Waals surface area contributed by atoms with Crippen molar-refractivity contribution in [1.29, 1.82) is 0 Å². The fraction of sp³-hybridized carbons (Fsp3) is 0.600. The first-order valence-corrected chi connectivity index (χ1v) is 10.0. The Morgan fingerprint density at radius 2 is 1.93 bits per heavy atom. The van der Waals surface area contributed by atoms with E-state index in [0.717, 1.165) is 24.3 Å². The minimum atomic E-state index is 0.0292. The van der Waals surface area contributed by atoms with Crippen molar-refractivity contribution in [3.05, 3.63) is 30.1 Å². The first-order chi connectivity index (χ1) is 14.0. The molecular formula is C20H30N6O3. The van der Waals surface area contributed by atoms with Crippen LogP contribution in [0.5, 0.6) is 11.5 Å². The molecule has 1 saturated heterocycles. The number of ether oxygens (including phenoxy) is 2. The van der Waals surface area contributed by atoms with Gasteiger partial charge >= 0.3 is 0 Å². The SMILES string of the molecule is COc1ccccc1OC1CCN(C(=O)Cn2nnnc2CN(C)C(C)C)CC1. The molecule has 2 aromatic rings. The summed E-state index contributed by atoms with van der Waals surface area (Å²) in [6.07, 6.45) is 1.63. The van der Waals surface area contributed by atoms with Crippen molar-refractivity contribution in [2.75, 3.05) is 27.2 Å². The standard InChI is InChI=1S/C20H30N6O3/c1-15(2)24(3)13-19-21-22-23-26(19)14-20(27)25-11-9-16(10-12-25)29-18-8-6-5-7-17(18)28-4/h5-8,15-16H,9-14H2,1-4H3. The molecule has 158 valence electrons. The number of hydrogen-bond donors (Lipinski definition) is 0. The number of tetrazole rings is 1. The number of carbonyl (C=O) groups is 1. The number of nitrogens with zero attached hydrogens (tertiary/aromatic N) is 6. The summed E-state index contributed by atoms with van der Waals surface area (Å²) < 4.78 is 13.0. The highest BCUT2D eigenvalue weighted by atomic mass is 16.5. The molecule has 0 spiro atoms. The normalized spacial score (nSPS) is 15.2. The Morgan fingerprint density at radius 3 is 2.59 bits per heavy atom. The Hall–Kier alpha value is -2.68. The van der Waals surface area contributed by atoms with Crippen LogP contribution in [0.2, 0.25) is 0 Å². The highest BCUT2D eigenvalue weighted by molar-refractivity contribution is 5.76. The lowest BCUT2D eigenvalue weighted by molar-refractivity contribution is -0.133. The molecule has 0 bridgehead atoms. The van der Waals surface area contributed by atoms with Crippen LogP contribution in [0.4, 0.5) is 0 Å². The second kappa shape index (κ2) is 9.69. The molecule has 0 unspecified atom stereocenters. The van der Waals surface area contributed by atoms with Gasteiger partial charge in [0, 0.05) is 32.0 Å². The summed E-state index contributed by atoms with van der Waals surface area (Å²) in [5.41, 5.74) is 0. The molecule has 9 heteroatoms. The number of para-hydroxylation sites is 2. The first kappa shape index (κ1) is 21.0. The lowest BCUT2D eigenvalue weighted by Gasteiger charge is -2.32. The molecule has 1 amide bonds. The van der Waals surface area contributed by atoms with E-state index in [1.807, 2.05) is 36.2 Å². The summed E-state index contributed by atoms with van der Waals surface area (Å²) in [6.45, 7) is 6.29. The quantitative estimate of drug-likeness (QED) is 0.663. The summed E-state index contributed by atoms with van der Waals surface area (Å²) in [7, 11) is 3.65. The van der Waals surface area contributed by atoms with Gasteiger partial charge in [0.2, 0.25) is 5.91 Å². The fourth-order valence-electron chi connectivity index (χ4n) is 3.21. The predicted octanol–water partition coefficient (Wildman–Crippen LogP) is 1.59. The van der Waals surface area contributed by atoms with Crippen LogP contribution in [0.1, 0.15) is 32.5 Å². The minimum absolute atomic E-state index is 0.0292. The Labute approximate surface area is 171 Å². The van der Waals surface area contributed by atoms with Crippen LogP contribution in [0.15, 0.2) is 24.3 Å². The third-order valence-electron chi connectivity index (χ3n) is 5.32. The van der Waals surface area contributed by atoms with E-state index in [1.165, 1.54) is 0 Å². The summed E-state index contributed by atoms with van der Waals surface area (Å²) >= 11 is 0. The van der Waals surface area contributed by atoms with Gasteiger partial charge in [-0.1, -0.05) is 12.1 Å². The molecule has 0 saturated carbocycles. The van der Waals surface area contributed by atoms with Crippen molar-refractivity contribution >= 4 is 5.91 Å². The Balaban J connectivity index is 1.51. The lowest BCUT2D eigenvalue weighted by atomic mass is 10.1. The second-order valence-corrected chi connectivity index (χ2v) is 7.61. The van der Waals surface area contributed by atoms with Gasteiger partial charge in [-0.05, 0) is 43.5 Å². The van der Waals surface area contributed by atoms with Gasteiger partial charge in [-0.3, -0.25) is 9.69 Å². The number of rotatable bonds is 8. The topological polar surface area (TPSA) is 85.6 Å². The maximum Gasteiger partial charge on any atom is 0.244 e. The van der Waals surface area contributed by atoms with Gasteiger partial charge in [0.05, 0.1) is 13.7 Å². The molecule has 0 N–H and O–H groups in total. The van der Waals surface area contributed by atoms with Crippen molar-refractivity contribution in [1.82, 2.24) is 30.0 Å². The van der Waals surface area contributed by atoms with Gasteiger partial charge in [0.1, 0.15) is 12.6 Å². The van der Waals surface area contributed by atoms with Crippen LogP contribution in [-0.2, 0) is 17.9 Å². The van der Waals surface area contributed by atoms with Crippen LogP contribution in [0.3, 0.4) is 0 Å². The van der Waals surface area contributed by atoms with Crippen molar-refractivity contribution < 1.29 is 14.3 Å².